The highest BCUT2D eigenvalue weighted by Gasteiger charge is 2.55. The van der Waals surface area contributed by atoms with Gasteiger partial charge in [0.2, 0.25) is 11.5 Å². The number of rotatable bonds is 24. The molecule has 0 atom stereocenters. The first-order valence-electron chi connectivity index (χ1n) is 20.1. The van der Waals surface area contributed by atoms with Gasteiger partial charge in [0.1, 0.15) is 11.5 Å². The summed E-state index contributed by atoms with van der Waals surface area (Å²) < 4.78 is 65.5. The van der Waals surface area contributed by atoms with Crippen LogP contribution >= 0.6 is 0 Å². The Kier molecular flexibility index (Phi) is 15.2. The Labute approximate surface area is 338 Å². The molecule has 0 radical (unpaired) electrons. The van der Waals surface area contributed by atoms with Crippen LogP contribution in [0.4, 0.5) is 0 Å². The Morgan fingerprint density at radius 2 is 0.754 bits per heavy atom. The third-order valence-electron chi connectivity index (χ3n) is 9.57. The molecule has 4 aromatic rings. The van der Waals surface area contributed by atoms with Crippen LogP contribution in [0.15, 0.2) is 74.2 Å². The molecule has 0 saturated heterocycles. The van der Waals surface area contributed by atoms with E-state index in [0.717, 1.165) is 22.3 Å². The predicted molar refractivity (Wildman–Crippen MR) is 223 cm³/mol. The van der Waals surface area contributed by atoms with Gasteiger partial charge in [0, 0.05) is 13.2 Å². The first-order valence-corrected chi connectivity index (χ1v) is 20.1. The Balaban J connectivity index is 2.27. The Hall–Kier alpha value is -5.32. The minimum absolute atomic E-state index is 0.135. The fraction of sp³-hybridized carbons (Fsp3) is 0.404. The first kappa shape index (κ1) is 42.8. The minimum Gasteiger partial charge on any atom is -0.493 e. The molecule has 0 unspecified atom stereocenters. The van der Waals surface area contributed by atoms with Gasteiger partial charge in [0.25, 0.3) is 0 Å². The van der Waals surface area contributed by atoms with Crippen molar-refractivity contribution in [2.24, 2.45) is 0 Å². The highest BCUT2D eigenvalue weighted by Crippen LogP contribution is 2.68. The summed E-state index contributed by atoms with van der Waals surface area (Å²) in [5, 5.41) is 0. The van der Waals surface area contributed by atoms with Crippen LogP contribution < -0.4 is 37.9 Å². The molecule has 0 N–H and O–H groups in total. The summed E-state index contributed by atoms with van der Waals surface area (Å²) in [6.45, 7) is 26.3. The van der Waals surface area contributed by atoms with E-state index in [1.54, 1.807) is 0 Å². The van der Waals surface area contributed by atoms with Gasteiger partial charge < -0.3 is 47.4 Å². The maximum absolute atomic E-state index is 6.89. The fourth-order valence-corrected chi connectivity index (χ4v) is 7.81. The molecular weight excluding hydrogens is 725 g/mol. The maximum atomic E-state index is 6.89. The third kappa shape index (κ3) is 7.73. The number of fused-ring (bicyclic) bond motifs is 3. The lowest BCUT2D eigenvalue weighted by Crippen LogP contribution is -2.33. The largest absolute Gasteiger partial charge is 0.493 e. The molecule has 1 aliphatic carbocycles. The Morgan fingerprint density at radius 3 is 1.09 bits per heavy atom. The van der Waals surface area contributed by atoms with Crippen molar-refractivity contribution in [2.45, 2.75) is 74.0 Å². The lowest BCUT2D eigenvalue weighted by molar-refractivity contribution is 0.128. The van der Waals surface area contributed by atoms with Crippen molar-refractivity contribution < 1.29 is 47.4 Å². The summed E-state index contributed by atoms with van der Waals surface area (Å²) in [4.78, 5) is 0. The Morgan fingerprint density at radius 1 is 0.421 bits per heavy atom. The molecule has 0 fully saturated rings. The van der Waals surface area contributed by atoms with Gasteiger partial charge in [0.15, 0.2) is 23.0 Å². The van der Waals surface area contributed by atoms with Crippen LogP contribution in [-0.2, 0) is 28.1 Å². The molecule has 0 spiro atoms. The molecule has 0 amide bonds. The molecule has 0 saturated carbocycles. The number of hydrogen-bond donors (Lipinski definition) is 0. The van der Waals surface area contributed by atoms with E-state index >= 15 is 0 Å². The summed E-state index contributed by atoms with van der Waals surface area (Å²) in [7, 11) is 0. The topological polar surface area (TPSA) is 92.3 Å². The molecular formula is C47H58O10. The second-order valence-electron chi connectivity index (χ2n) is 12.6. The monoisotopic (exact) mass is 782 g/mol. The van der Waals surface area contributed by atoms with E-state index in [9.17, 15) is 0 Å². The lowest BCUT2D eigenvalue weighted by Gasteiger charge is -2.40. The second kappa shape index (κ2) is 20.2. The number of benzene rings is 4. The first-order chi connectivity index (χ1) is 27.9. The third-order valence-corrected chi connectivity index (χ3v) is 9.57. The summed E-state index contributed by atoms with van der Waals surface area (Å²) in [5.41, 5.74) is 5.15. The van der Waals surface area contributed by atoms with Crippen molar-refractivity contribution >= 4 is 0 Å². The van der Waals surface area contributed by atoms with E-state index in [4.69, 9.17) is 47.4 Å². The minimum atomic E-state index is -1.30. The molecule has 4 aromatic carbocycles. The van der Waals surface area contributed by atoms with Crippen molar-refractivity contribution in [3.05, 3.63) is 108 Å². The summed E-state index contributed by atoms with van der Waals surface area (Å²) in [6, 6.07) is 16.7. The average Bonchev–Trinajstić information content (AvgIpc) is 3.51. The molecule has 0 bridgehead atoms. The summed E-state index contributed by atoms with van der Waals surface area (Å²) in [6.07, 6.45) is 2.75. The smallest absolute Gasteiger partial charge is 0.205 e. The van der Waals surface area contributed by atoms with Crippen LogP contribution in [0.5, 0.6) is 46.0 Å². The van der Waals surface area contributed by atoms with Crippen LogP contribution in [0.2, 0.25) is 0 Å². The molecule has 1 aliphatic rings. The molecule has 0 aromatic heterocycles. The van der Waals surface area contributed by atoms with Crippen molar-refractivity contribution in [3.8, 4) is 57.1 Å². The van der Waals surface area contributed by atoms with Gasteiger partial charge in [0.05, 0.1) is 93.0 Å². The highest BCUT2D eigenvalue weighted by atomic mass is 16.6. The standard InChI is InChI=1S/C47H58O10/c1-11-48-29-33-39(50-13-3)37(43(54-17-7)45(56-19-9)41(33)52-15-5)47(35-27-23-21-25-31(35)32-26-22-24-28-36(32)47)38-40(51-14-4)34(30-49-12-2)42(53-16-6)46(57-20-10)44(38)55-18-8/h15-16,21-28H,5-6,11-14,17-20,29-30H2,1-4,7-10H3. The number of hydrogen-bond acceptors (Lipinski definition) is 10. The molecule has 306 valence electrons. The quantitative estimate of drug-likeness (QED) is 0.0563. The lowest BCUT2D eigenvalue weighted by atomic mass is 9.65. The molecule has 5 rings (SSSR count). The van der Waals surface area contributed by atoms with Crippen molar-refractivity contribution in [2.75, 3.05) is 52.9 Å². The van der Waals surface area contributed by atoms with Gasteiger partial charge in [-0.05, 0) is 77.6 Å². The SMILES string of the molecule is C=COc1c(COCC)c(OCC)c(C2(c3c(OCC)c(COCC)c(OC=C)c(OCC)c3OCC)c3ccccc3-c3ccccc32)c(OCC)c1OCC. The summed E-state index contributed by atoms with van der Waals surface area (Å²) >= 11 is 0. The van der Waals surface area contributed by atoms with E-state index in [0.29, 0.717) is 121 Å². The normalized spacial score (nSPS) is 12.3. The van der Waals surface area contributed by atoms with Crippen molar-refractivity contribution in [3.63, 3.8) is 0 Å². The molecule has 10 nitrogen and oxygen atoms in total. The Bertz CT molecular complexity index is 1860. The average molecular weight is 783 g/mol. The second-order valence-corrected chi connectivity index (χ2v) is 12.6. The van der Waals surface area contributed by atoms with E-state index in [-0.39, 0.29) is 13.2 Å². The number of ether oxygens (including phenoxy) is 10. The molecule has 0 aliphatic heterocycles. The van der Waals surface area contributed by atoms with Gasteiger partial charge in [-0.3, -0.25) is 0 Å². The van der Waals surface area contributed by atoms with Gasteiger partial charge in [-0.25, -0.2) is 0 Å². The molecule has 0 heterocycles. The summed E-state index contributed by atoms with van der Waals surface area (Å²) in [5.74, 6) is 3.40. The zero-order chi connectivity index (χ0) is 41.0. The van der Waals surface area contributed by atoms with Gasteiger partial charge in [-0.1, -0.05) is 61.7 Å². The van der Waals surface area contributed by atoms with E-state index < -0.39 is 5.41 Å². The van der Waals surface area contributed by atoms with Crippen LogP contribution in [0.1, 0.15) is 88.8 Å². The predicted octanol–water partition coefficient (Wildman–Crippen LogP) is 10.6. The molecule has 57 heavy (non-hydrogen) atoms. The van der Waals surface area contributed by atoms with Gasteiger partial charge in [-0.15, -0.1) is 0 Å². The van der Waals surface area contributed by atoms with Gasteiger partial charge >= 0.3 is 0 Å². The molecule has 10 heteroatoms. The van der Waals surface area contributed by atoms with Crippen LogP contribution in [0.3, 0.4) is 0 Å². The maximum Gasteiger partial charge on any atom is 0.205 e. The van der Waals surface area contributed by atoms with Crippen LogP contribution in [0.25, 0.3) is 11.1 Å². The van der Waals surface area contributed by atoms with E-state index in [1.165, 1.54) is 12.5 Å². The zero-order valence-corrected chi connectivity index (χ0v) is 34.8. The van der Waals surface area contributed by atoms with E-state index in [1.807, 2.05) is 79.7 Å². The van der Waals surface area contributed by atoms with Crippen molar-refractivity contribution in [1.29, 1.82) is 0 Å². The fourth-order valence-electron chi connectivity index (χ4n) is 7.81. The van der Waals surface area contributed by atoms with E-state index in [2.05, 4.69) is 37.4 Å². The van der Waals surface area contributed by atoms with Crippen LogP contribution in [0, 0.1) is 0 Å². The van der Waals surface area contributed by atoms with Crippen LogP contribution in [-0.4, -0.2) is 52.9 Å². The van der Waals surface area contributed by atoms with Crippen molar-refractivity contribution in [1.82, 2.24) is 0 Å². The van der Waals surface area contributed by atoms with Gasteiger partial charge in [-0.2, -0.15) is 0 Å². The zero-order valence-electron chi connectivity index (χ0n) is 34.8. The highest BCUT2D eigenvalue weighted by molar-refractivity contribution is 5.92.